The minimum absolute atomic E-state index is 0.0260. The second kappa shape index (κ2) is 6.62. The first-order valence-corrected chi connectivity index (χ1v) is 7.41. The summed E-state index contributed by atoms with van der Waals surface area (Å²) in [6, 6.07) is 16.8. The zero-order valence-corrected chi connectivity index (χ0v) is 12.6. The molecule has 0 radical (unpaired) electrons. The number of methoxy groups -OCH3 is 1. The fourth-order valence-corrected chi connectivity index (χ4v) is 2.60. The van der Waals surface area contributed by atoms with Gasteiger partial charge in [0, 0.05) is 25.8 Å². The van der Waals surface area contributed by atoms with Gasteiger partial charge in [-0.1, -0.05) is 24.3 Å². The van der Waals surface area contributed by atoms with E-state index in [0.717, 1.165) is 18.7 Å². The van der Waals surface area contributed by atoms with Crippen LogP contribution in [0.2, 0.25) is 0 Å². The molecule has 2 aromatic carbocycles. The molecule has 0 aromatic heterocycles. The minimum Gasteiger partial charge on any atom is -0.457 e. The Balaban J connectivity index is 1.72. The van der Waals surface area contributed by atoms with Gasteiger partial charge in [0.25, 0.3) is 5.91 Å². The standard InChI is InChI=1S/C18H19NO3/c1-21-17-10-11-19(13-17)18(20)14-6-5-9-16(12-14)22-15-7-3-2-4-8-15/h2-9,12,17H,10-11,13H2,1H3. The van der Waals surface area contributed by atoms with E-state index in [0.29, 0.717) is 17.9 Å². The molecule has 0 N–H and O–H groups in total. The van der Waals surface area contributed by atoms with E-state index in [1.807, 2.05) is 53.4 Å². The van der Waals surface area contributed by atoms with Gasteiger partial charge in [-0.2, -0.15) is 0 Å². The van der Waals surface area contributed by atoms with Crippen molar-refractivity contribution >= 4 is 5.91 Å². The van der Waals surface area contributed by atoms with Gasteiger partial charge in [-0.05, 0) is 36.8 Å². The van der Waals surface area contributed by atoms with Gasteiger partial charge in [-0.3, -0.25) is 4.79 Å². The molecule has 0 bridgehead atoms. The Morgan fingerprint density at radius 2 is 1.86 bits per heavy atom. The van der Waals surface area contributed by atoms with Crippen molar-refractivity contribution in [2.24, 2.45) is 0 Å². The molecule has 1 amide bonds. The van der Waals surface area contributed by atoms with E-state index in [1.165, 1.54) is 0 Å². The Hall–Kier alpha value is -2.33. The fourth-order valence-electron chi connectivity index (χ4n) is 2.60. The van der Waals surface area contributed by atoms with Crippen molar-refractivity contribution in [1.82, 2.24) is 4.90 Å². The van der Waals surface area contributed by atoms with Gasteiger partial charge in [0.15, 0.2) is 0 Å². The lowest BCUT2D eigenvalue weighted by atomic mass is 10.2. The highest BCUT2D eigenvalue weighted by atomic mass is 16.5. The van der Waals surface area contributed by atoms with Crippen LogP contribution in [0.25, 0.3) is 0 Å². The highest BCUT2D eigenvalue weighted by molar-refractivity contribution is 5.94. The molecule has 22 heavy (non-hydrogen) atoms. The number of carbonyl (C=O) groups is 1. The van der Waals surface area contributed by atoms with Crippen LogP contribution in [0.3, 0.4) is 0 Å². The van der Waals surface area contributed by atoms with E-state index >= 15 is 0 Å². The van der Waals surface area contributed by atoms with E-state index in [2.05, 4.69) is 0 Å². The molecule has 1 fully saturated rings. The van der Waals surface area contributed by atoms with Gasteiger partial charge < -0.3 is 14.4 Å². The Morgan fingerprint density at radius 1 is 1.09 bits per heavy atom. The summed E-state index contributed by atoms with van der Waals surface area (Å²) in [7, 11) is 1.69. The van der Waals surface area contributed by atoms with Crippen molar-refractivity contribution in [3.8, 4) is 11.5 Å². The van der Waals surface area contributed by atoms with Gasteiger partial charge in [0.1, 0.15) is 11.5 Å². The molecule has 114 valence electrons. The number of nitrogens with zero attached hydrogens (tertiary/aromatic N) is 1. The number of carbonyl (C=O) groups excluding carboxylic acids is 1. The van der Waals surface area contributed by atoms with Crippen LogP contribution in [-0.2, 0) is 4.74 Å². The number of rotatable bonds is 4. The molecule has 2 aromatic rings. The van der Waals surface area contributed by atoms with Gasteiger partial charge in [-0.15, -0.1) is 0 Å². The van der Waals surface area contributed by atoms with E-state index in [-0.39, 0.29) is 12.0 Å². The van der Waals surface area contributed by atoms with Gasteiger partial charge in [-0.25, -0.2) is 0 Å². The summed E-state index contributed by atoms with van der Waals surface area (Å²) in [6.45, 7) is 1.39. The maximum Gasteiger partial charge on any atom is 0.254 e. The lowest BCUT2D eigenvalue weighted by molar-refractivity contribution is 0.0724. The van der Waals surface area contributed by atoms with Gasteiger partial charge in [0.2, 0.25) is 0 Å². The monoisotopic (exact) mass is 297 g/mol. The molecule has 3 rings (SSSR count). The molecule has 1 atom stereocenters. The third kappa shape index (κ3) is 3.28. The molecule has 4 heteroatoms. The summed E-state index contributed by atoms with van der Waals surface area (Å²) >= 11 is 0. The third-order valence-corrected chi connectivity index (χ3v) is 3.83. The van der Waals surface area contributed by atoms with Crippen molar-refractivity contribution in [3.63, 3.8) is 0 Å². The van der Waals surface area contributed by atoms with E-state index in [9.17, 15) is 4.79 Å². The molecule has 1 saturated heterocycles. The molecule has 1 aliphatic rings. The molecule has 0 spiro atoms. The number of benzene rings is 2. The van der Waals surface area contributed by atoms with E-state index in [1.54, 1.807) is 13.2 Å². The Morgan fingerprint density at radius 3 is 2.59 bits per heavy atom. The van der Waals surface area contributed by atoms with Crippen LogP contribution < -0.4 is 4.74 Å². The lowest BCUT2D eigenvalue weighted by Gasteiger charge is -2.16. The maximum absolute atomic E-state index is 12.5. The zero-order chi connectivity index (χ0) is 15.4. The maximum atomic E-state index is 12.5. The molecular weight excluding hydrogens is 278 g/mol. The van der Waals surface area contributed by atoms with E-state index < -0.39 is 0 Å². The summed E-state index contributed by atoms with van der Waals surface area (Å²) < 4.78 is 11.1. The minimum atomic E-state index is 0.0260. The second-order valence-corrected chi connectivity index (χ2v) is 5.34. The van der Waals surface area contributed by atoms with Crippen LogP contribution in [0.5, 0.6) is 11.5 Å². The van der Waals surface area contributed by atoms with E-state index in [4.69, 9.17) is 9.47 Å². The third-order valence-electron chi connectivity index (χ3n) is 3.83. The SMILES string of the molecule is COC1CCN(C(=O)c2cccc(Oc3ccccc3)c2)C1. The average Bonchev–Trinajstić information content (AvgIpc) is 3.04. The van der Waals surface area contributed by atoms with Crippen LogP contribution >= 0.6 is 0 Å². The van der Waals surface area contributed by atoms with Crippen molar-refractivity contribution < 1.29 is 14.3 Å². The topological polar surface area (TPSA) is 38.8 Å². The number of likely N-dealkylation sites (tertiary alicyclic amines) is 1. The zero-order valence-electron chi connectivity index (χ0n) is 12.6. The Bertz CT molecular complexity index is 642. The molecule has 0 aliphatic carbocycles. The summed E-state index contributed by atoms with van der Waals surface area (Å²) in [5.41, 5.74) is 0.644. The summed E-state index contributed by atoms with van der Waals surface area (Å²) in [5.74, 6) is 1.45. The molecule has 1 aliphatic heterocycles. The van der Waals surface area contributed by atoms with Gasteiger partial charge in [0.05, 0.1) is 6.10 Å². The first-order chi connectivity index (χ1) is 10.8. The quantitative estimate of drug-likeness (QED) is 0.869. The number of hydrogen-bond donors (Lipinski definition) is 0. The Labute approximate surface area is 130 Å². The van der Waals surface area contributed by atoms with Gasteiger partial charge >= 0.3 is 0 Å². The summed E-state index contributed by atoms with van der Waals surface area (Å²) in [5, 5.41) is 0. The highest BCUT2D eigenvalue weighted by Gasteiger charge is 2.26. The number of amides is 1. The van der Waals surface area contributed by atoms with Crippen LogP contribution in [0.15, 0.2) is 54.6 Å². The number of para-hydroxylation sites is 1. The fraction of sp³-hybridized carbons (Fsp3) is 0.278. The Kier molecular flexibility index (Phi) is 4.39. The highest BCUT2D eigenvalue weighted by Crippen LogP contribution is 2.23. The largest absolute Gasteiger partial charge is 0.457 e. The first-order valence-electron chi connectivity index (χ1n) is 7.41. The molecular formula is C18H19NO3. The number of ether oxygens (including phenoxy) is 2. The van der Waals surface area contributed by atoms with Crippen LogP contribution in [-0.4, -0.2) is 37.1 Å². The smallest absolute Gasteiger partial charge is 0.254 e. The van der Waals surface area contributed by atoms with Crippen molar-refractivity contribution in [1.29, 1.82) is 0 Å². The van der Waals surface area contributed by atoms with Crippen molar-refractivity contribution in [2.45, 2.75) is 12.5 Å². The van der Waals surface area contributed by atoms with Crippen LogP contribution in [0.4, 0.5) is 0 Å². The summed E-state index contributed by atoms with van der Waals surface area (Å²) in [6.07, 6.45) is 1.04. The average molecular weight is 297 g/mol. The first kappa shape index (κ1) is 14.6. The second-order valence-electron chi connectivity index (χ2n) is 5.34. The van der Waals surface area contributed by atoms with Crippen molar-refractivity contribution in [3.05, 3.63) is 60.2 Å². The predicted molar refractivity (Wildman–Crippen MR) is 84.3 cm³/mol. The molecule has 1 heterocycles. The normalized spacial score (nSPS) is 17.5. The van der Waals surface area contributed by atoms with Crippen LogP contribution in [0.1, 0.15) is 16.8 Å². The number of hydrogen-bond acceptors (Lipinski definition) is 3. The molecule has 1 unspecified atom stereocenters. The molecule has 4 nitrogen and oxygen atoms in total. The van der Waals surface area contributed by atoms with Crippen molar-refractivity contribution in [2.75, 3.05) is 20.2 Å². The van der Waals surface area contributed by atoms with Crippen LogP contribution in [0, 0.1) is 0 Å². The molecule has 0 saturated carbocycles. The lowest BCUT2D eigenvalue weighted by Crippen LogP contribution is -2.29. The summed E-state index contributed by atoms with van der Waals surface area (Å²) in [4.78, 5) is 14.4. The predicted octanol–water partition coefficient (Wildman–Crippen LogP) is 3.34.